The van der Waals surface area contributed by atoms with Crippen LogP contribution in [0.1, 0.15) is 25.8 Å². The van der Waals surface area contributed by atoms with E-state index in [1.165, 1.54) is 0 Å². The summed E-state index contributed by atoms with van der Waals surface area (Å²) in [6.07, 6.45) is 1.52. The summed E-state index contributed by atoms with van der Waals surface area (Å²) in [5.74, 6) is 0.695. The summed E-state index contributed by atoms with van der Waals surface area (Å²) in [4.78, 5) is 13.8. The molecule has 0 aliphatic carbocycles. The van der Waals surface area contributed by atoms with Crippen molar-refractivity contribution in [3.63, 3.8) is 0 Å². The van der Waals surface area contributed by atoms with Crippen molar-refractivity contribution in [2.24, 2.45) is 5.92 Å². The number of nitrogen functional groups attached to an aromatic ring is 1. The lowest BCUT2D eigenvalue weighted by atomic mass is 10.1. The van der Waals surface area contributed by atoms with Gasteiger partial charge in [-0.3, -0.25) is 4.79 Å². The molecule has 0 saturated heterocycles. The third-order valence-corrected chi connectivity index (χ3v) is 3.01. The number of carbonyl (C=O) groups excluding carboxylic acids is 1. The second-order valence-corrected chi connectivity index (χ2v) is 4.71. The molecule has 0 heterocycles. The van der Waals surface area contributed by atoms with Crippen LogP contribution in [-0.4, -0.2) is 24.4 Å². The monoisotopic (exact) mass is 234 g/mol. The predicted molar refractivity (Wildman–Crippen MR) is 71.7 cm³/mol. The smallest absolute Gasteiger partial charge is 0.226 e. The van der Waals surface area contributed by atoms with Crippen molar-refractivity contribution >= 4 is 11.6 Å². The molecule has 0 spiro atoms. The molecule has 3 nitrogen and oxygen atoms in total. The summed E-state index contributed by atoms with van der Waals surface area (Å²) in [7, 11) is 1.86. The first-order chi connectivity index (χ1) is 8.02. The number of carbonyl (C=O) groups is 1. The van der Waals surface area contributed by atoms with Gasteiger partial charge >= 0.3 is 0 Å². The van der Waals surface area contributed by atoms with Crippen LogP contribution in [-0.2, 0) is 11.2 Å². The summed E-state index contributed by atoms with van der Waals surface area (Å²) in [5.41, 5.74) is 7.37. The Bertz CT molecular complexity index is 376. The number of amides is 1. The molecule has 94 valence electrons. The molecule has 0 fully saturated rings. The summed E-state index contributed by atoms with van der Waals surface area (Å²) in [6.45, 7) is 5.11. The summed E-state index contributed by atoms with van der Waals surface area (Å²) in [6, 6.07) is 7.50. The largest absolute Gasteiger partial charge is 0.399 e. The van der Waals surface area contributed by atoms with Gasteiger partial charge in [0.15, 0.2) is 0 Å². The van der Waals surface area contributed by atoms with Gasteiger partial charge in [0, 0.05) is 19.3 Å². The highest BCUT2D eigenvalue weighted by atomic mass is 16.2. The summed E-state index contributed by atoms with van der Waals surface area (Å²) < 4.78 is 0. The van der Waals surface area contributed by atoms with E-state index in [1.54, 1.807) is 4.90 Å². The highest BCUT2D eigenvalue weighted by Gasteiger charge is 2.12. The van der Waals surface area contributed by atoms with Crippen LogP contribution in [0, 0.1) is 5.92 Å². The first-order valence-electron chi connectivity index (χ1n) is 6.11. The highest BCUT2D eigenvalue weighted by Crippen LogP contribution is 2.09. The quantitative estimate of drug-likeness (QED) is 0.795. The minimum Gasteiger partial charge on any atom is -0.399 e. The van der Waals surface area contributed by atoms with Gasteiger partial charge in [0.1, 0.15) is 0 Å². The lowest BCUT2D eigenvalue weighted by Gasteiger charge is -2.20. The molecule has 17 heavy (non-hydrogen) atoms. The van der Waals surface area contributed by atoms with Gasteiger partial charge in [-0.1, -0.05) is 32.4 Å². The minimum absolute atomic E-state index is 0.149. The van der Waals surface area contributed by atoms with E-state index in [-0.39, 0.29) is 5.91 Å². The van der Waals surface area contributed by atoms with Gasteiger partial charge in [-0.2, -0.15) is 0 Å². The van der Waals surface area contributed by atoms with Crippen LogP contribution < -0.4 is 5.73 Å². The van der Waals surface area contributed by atoms with Crippen molar-refractivity contribution in [3.05, 3.63) is 29.8 Å². The summed E-state index contributed by atoms with van der Waals surface area (Å²) in [5, 5.41) is 0. The molecule has 1 rings (SSSR count). The number of nitrogens with zero attached hydrogens (tertiary/aromatic N) is 1. The Kier molecular flexibility index (Phi) is 5.01. The standard InChI is InChI=1S/C14H22N2O/c1-4-11(2)10-16(3)14(17)9-12-6-5-7-13(15)8-12/h5-8,11H,4,9-10,15H2,1-3H3. The Morgan fingerprint density at radius 2 is 2.18 bits per heavy atom. The van der Waals surface area contributed by atoms with Crippen molar-refractivity contribution in [2.45, 2.75) is 26.7 Å². The molecule has 0 bridgehead atoms. The molecular formula is C14H22N2O. The van der Waals surface area contributed by atoms with Gasteiger partial charge in [0.2, 0.25) is 5.91 Å². The molecule has 3 heteroatoms. The Morgan fingerprint density at radius 3 is 2.76 bits per heavy atom. The van der Waals surface area contributed by atoms with Gasteiger partial charge in [-0.25, -0.2) is 0 Å². The molecule has 1 aromatic carbocycles. The zero-order valence-corrected chi connectivity index (χ0v) is 10.9. The zero-order chi connectivity index (χ0) is 12.8. The van der Waals surface area contributed by atoms with E-state index in [1.807, 2.05) is 31.3 Å². The lowest BCUT2D eigenvalue weighted by molar-refractivity contribution is -0.129. The van der Waals surface area contributed by atoms with Gasteiger partial charge in [0.05, 0.1) is 6.42 Å². The number of hydrogen-bond donors (Lipinski definition) is 1. The van der Waals surface area contributed by atoms with E-state index < -0.39 is 0 Å². The number of nitrogens with two attached hydrogens (primary N) is 1. The van der Waals surface area contributed by atoms with Crippen LogP contribution >= 0.6 is 0 Å². The maximum absolute atomic E-state index is 12.0. The first-order valence-corrected chi connectivity index (χ1v) is 6.11. The molecule has 1 aromatic rings. The van der Waals surface area contributed by atoms with E-state index in [0.29, 0.717) is 18.0 Å². The van der Waals surface area contributed by atoms with Gasteiger partial charge < -0.3 is 10.6 Å². The van der Waals surface area contributed by atoms with Crippen LogP contribution in [0.3, 0.4) is 0 Å². The average molecular weight is 234 g/mol. The van der Waals surface area contributed by atoms with E-state index in [0.717, 1.165) is 18.5 Å². The second-order valence-electron chi connectivity index (χ2n) is 4.71. The number of hydrogen-bond acceptors (Lipinski definition) is 2. The van der Waals surface area contributed by atoms with E-state index in [2.05, 4.69) is 13.8 Å². The van der Waals surface area contributed by atoms with Crippen molar-refractivity contribution in [2.75, 3.05) is 19.3 Å². The minimum atomic E-state index is 0.149. The fourth-order valence-corrected chi connectivity index (χ4v) is 1.71. The zero-order valence-electron chi connectivity index (χ0n) is 10.9. The Labute approximate surface area is 104 Å². The maximum atomic E-state index is 12.0. The molecule has 1 atom stereocenters. The SMILES string of the molecule is CCC(C)CN(C)C(=O)Cc1cccc(N)c1. The molecule has 0 saturated carbocycles. The fraction of sp³-hybridized carbons (Fsp3) is 0.500. The predicted octanol–water partition coefficient (Wildman–Crippen LogP) is 2.32. The Balaban J connectivity index is 2.54. The summed E-state index contributed by atoms with van der Waals surface area (Å²) >= 11 is 0. The van der Waals surface area contributed by atoms with Crippen LogP contribution in [0.2, 0.25) is 0 Å². The maximum Gasteiger partial charge on any atom is 0.226 e. The molecule has 1 amide bonds. The van der Waals surface area contributed by atoms with Crippen LogP contribution in [0.15, 0.2) is 24.3 Å². The number of anilines is 1. The third-order valence-electron chi connectivity index (χ3n) is 3.01. The Morgan fingerprint density at radius 1 is 1.47 bits per heavy atom. The molecule has 0 aliphatic heterocycles. The molecule has 2 N–H and O–H groups in total. The number of likely N-dealkylation sites (N-methyl/N-ethyl adjacent to an activating group) is 1. The van der Waals surface area contributed by atoms with Crippen molar-refractivity contribution in [3.8, 4) is 0 Å². The Hall–Kier alpha value is -1.51. The van der Waals surface area contributed by atoms with Crippen molar-refractivity contribution in [1.29, 1.82) is 0 Å². The highest BCUT2D eigenvalue weighted by molar-refractivity contribution is 5.78. The van der Waals surface area contributed by atoms with Crippen molar-refractivity contribution < 1.29 is 4.79 Å². The van der Waals surface area contributed by atoms with Crippen LogP contribution in [0.25, 0.3) is 0 Å². The molecular weight excluding hydrogens is 212 g/mol. The second kappa shape index (κ2) is 6.28. The topological polar surface area (TPSA) is 46.3 Å². The molecule has 0 radical (unpaired) electrons. The molecule has 0 aromatic heterocycles. The number of rotatable bonds is 5. The van der Waals surface area contributed by atoms with Crippen LogP contribution in [0.5, 0.6) is 0 Å². The van der Waals surface area contributed by atoms with E-state index >= 15 is 0 Å². The third kappa shape index (κ3) is 4.47. The normalized spacial score (nSPS) is 12.2. The van der Waals surface area contributed by atoms with Gasteiger partial charge in [0.25, 0.3) is 0 Å². The number of benzene rings is 1. The molecule has 1 unspecified atom stereocenters. The first kappa shape index (κ1) is 13.6. The fourth-order valence-electron chi connectivity index (χ4n) is 1.71. The average Bonchev–Trinajstić information content (AvgIpc) is 2.28. The van der Waals surface area contributed by atoms with Gasteiger partial charge in [-0.05, 0) is 23.6 Å². The van der Waals surface area contributed by atoms with E-state index in [9.17, 15) is 4.79 Å². The lowest BCUT2D eigenvalue weighted by Crippen LogP contribution is -2.32. The van der Waals surface area contributed by atoms with E-state index in [4.69, 9.17) is 5.73 Å². The van der Waals surface area contributed by atoms with Crippen LogP contribution in [0.4, 0.5) is 5.69 Å². The molecule has 0 aliphatic rings. The van der Waals surface area contributed by atoms with Gasteiger partial charge in [-0.15, -0.1) is 0 Å². The van der Waals surface area contributed by atoms with Crippen molar-refractivity contribution in [1.82, 2.24) is 4.90 Å².